The van der Waals surface area contributed by atoms with Gasteiger partial charge >= 0.3 is 5.97 Å². The molecule has 1 atom stereocenters. The normalized spacial score (nSPS) is 13.0. The highest BCUT2D eigenvalue weighted by Crippen LogP contribution is 2.18. The van der Waals surface area contributed by atoms with Crippen LogP contribution in [0.5, 0.6) is 0 Å². The number of aryl methyl sites for hydroxylation is 1. The molecule has 1 aromatic carbocycles. The van der Waals surface area contributed by atoms with Gasteiger partial charge in [0.2, 0.25) is 10.0 Å². The third-order valence-electron chi connectivity index (χ3n) is 3.14. The van der Waals surface area contributed by atoms with Crippen LogP contribution in [0.15, 0.2) is 47.5 Å². The Labute approximate surface area is 123 Å². The van der Waals surface area contributed by atoms with Crippen molar-refractivity contribution in [1.82, 2.24) is 9.29 Å². The molecule has 0 spiro atoms. The molecular formula is C14H16N2O4S. The summed E-state index contributed by atoms with van der Waals surface area (Å²) < 4.78 is 28.4. The van der Waals surface area contributed by atoms with E-state index in [0.717, 1.165) is 11.6 Å². The van der Waals surface area contributed by atoms with Crippen LogP contribution in [0.1, 0.15) is 29.0 Å². The van der Waals surface area contributed by atoms with Crippen LogP contribution in [0.4, 0.5) is 0 Å². The Morgan fingerprint density at radius 1 is 1.29 bits per heavy atom. The molecule has 1 heterocycles. The number of carboxylic acid groups (broad SMARTS) is 1. The molecule has 0 unspecified atom stereocenters. The van der Waals surface area contributed by atoms with Gasteiger partial charge in [0.05, 0.1) is 0 Å². The lowest BCUT2D eigenvalue weighted by Gasteiger charge is -2.13. The van der Waals surface area contributed by atoms with Gasteiger partial charge in [-0.15, -0.1) is 0 Å². The van der Waals surface area contributed by atoms with Crippen LogP contribution in [-0.2, 0) is 17.1 Å². The second-order valence-electron chi connectivity index (χ2n) is 4.73. The number of nitrogens with one attached hydrogen (secondary N) is 1. The lowest BCUT2D eigenvalue weighted by atomic mass is 10.1. The Bertz CT molecular complexity index is 751. The highest BCUT2D eigenvalue weighted by Gasteiger charge is 2.22. The monoisotopic (exact) mass is 308 g/mol. The molecule has 2 aromatic rings. The molecule has 0 fully saturated rings. The summed E-state index contributed by atoms with van der Waals surface area (Å²) in [6.07, 6.45) is 1.28. The van der Waals surface area contributed by atoms with Gasteiger partial charge < -0.3 is 9.67 Å². The third kappa shape index (κ3) is 3.32. The van der Waals surface area contributed by atoms with E-state index in [2.05, 4.69) is 4.72 Å². The lowest BCUT2D eigenvalue weighted by molar-refractivity contribution is 0.0686. The van der Waals surface area contributed by atoms with Gasteiger partial charge in [-0.1, -0.05) is 30.3 Å². The summed E-state index contributed by atoms with van der Waals surface area (Å²) in [5.41, 5.74) is 0.748. The van der Waals surface area contributed by atoms with Crippen molar-refractivity contribution in [1.29, 1.82) is 0 Å². The molecule has 2 rings (SSSR count). The SMILES string of the molecule is C[C@H](NS(=O)(=O)c1cc(C(=O)O)n(C)c1)c1ccccc1. The number of rotatable bonds is 5. The number of hydrogen-bond donors (Lipinski definition) is 2. The Hall–Kier alpha value is -2.12. The minimum atomic E-state index is -3.78. The number of sulfonamides is 1. The Morgan fingerprint density at radius 2 is 1.90 bits per heavy atom. The fraction of sp³-hybridized carbons (Fsp3) is 0.214. The summed E-state index contributed by atoms with van der Waals surface area (Å²) >= 11 is 0. The topological polar surface area (TPSA) is 88.4 Å². The minimum Gasteiger partial charge on any atom is -0.477 e. The van der Waals surface area contributed by atoms with E-state index >= 15 is 0 Å². The average Bonchev–Trinajstić information content (AvgIpc) is 2.82. The maximum atomic E-state index is 12.3. The summed E-state index contributed by atoms with van der Waals surface area (Å²) in [6, 6.07) is 9.87. The average molecular weight is 308 g/mol. The number of nitrogens with zero attached hydrogens (tertiary/aromatic N) is 1. The third-order valence-corrected chi connectivity index (χ3v) is 4.65. The molecule has 0 saturated carbocycles. The molecule has 0 amide bonds. The summed E-state index contributed by atoms with van der Waals surface area (Å²) in [5.74, 6) is -1.17. The molecule has 7 heteroatoms. The van der Waals surface area contributed by atoms with E-state index in [1.807, 2.05) is 30.3 Å². The van der Waals surface area contributed by atoms with E-state index in [4.69, 9.17) is 5.11 Å². The molecule has 6 nitrogen and oxygen atoms in total. The second-order valence-corrected chi connectivity index (χ2v) is 6.44. The van der Waals surface area contributed by atoms with Gasteiger partial charge in [-0.25, -0.2) is 17.9 Å². The van der Waals surface area contributed by atoms with Crippen molar-refractivity contribution in [3.63, 3.8) is 0 Å². The zero-order chi connectivity index (χ0) is 15.6. The number of aromatic nitrogens is 1. The predicted molar refractivity (Wildman–Crippen MR) is 77.6 cm³/mol. The standard InChI is InChI=1S/C14H16N2O4S/c1-10(11-6-4-3-5-7-11)15-21(19,20)12-8-13(14(17)18)16(2)9-12/h3-10,15H,1-2H3,(H,17,18)/t10-/m0/s1. The number of aromatic carboxylic acids is 1. The molecule has 0 bridgehead atoms. The second kappa shape index (κ2) is 5.71. The highest BCUT2D eigenvalue weighted by atomic mass is 32.2. The molecule has 0 aliphatic carbocycles. The van der Waals surface area contributed by atoms with Crippen molar-refractivity contribution in [3.05, 3.63) is 53.9 Å². The van der Waals surface area contributed by atoms with E-state index in [9.17, 15) is 13.2 Å². The van der Waals surface area contributed by atoms with E-state index in [1.54, 1.807) is 6.92 Å². The van der Waals surface area contributed by atoms with Gasteiger partial charge in [-0.05, 0) is 18.6 Å². The van der Waals surface area contributed by atoms with Crippen LogP contribution in [0.25, 0.3) is 0 Å². The van der Waals surface area contributed by atoms with Crippen molar-refractivity contribution in [2.24, 2.45) is 7.05 Å². The number of carboxylic acids is 1. The van der Waals surface area contributed by atoms with Crippen LogP contribution in [0, 0.1) is 0 Å². The number of benzene rings is 1. The van der Waals surface area contributed by atoms with Crippen LogP contribution < -0.4 is 4.72 Å². The minimum absolute atomic E-state index is 0.0646. The van der Waals surface area contributed by atoms with Gasteiger partial charge in [0, 0.05) is 19.3 Å². The smallest absolute Gasteiger partial charge is 0.352 e. The highest BCUT2D eigenvalue weighted by molar-refractivity contribution is 7.89. The van der Waals surface area contributed by atoms with Gasteiger partial charge in [-0.2, -0.15) is 0 Å². The molecular weight excluding hydrogens is 292 g/mol. The Kier molecular flexibility index (Phi) is 4.15. The van der Waals surface area contributed by atoms with Crippen molar-refractivity contribution in [3.8, 4) is 0 Å². The first kappa shape index (κ1) is 15.3. The van der Waals surface area contributed by atoms with Gasteiger partial charge in [0.1, 0.15) is 10.6 Å². The molecule has 21 heavy (non-hydrogen) atoms. The number of hydrogen-bond acceptors (Lipinski definition) is 3. The van der Waals surface area contributed by atoms with Crippen molar-refractivity contribution in [2.45, 2.75) is 17.9 Å². The summed E-state index contributed by atoms with van der Waals surface area (Å²) in [4.78, 5) is 10.9. The molecule has 0 aliphatic heterocycles. The molecule has 1 aromatic heterocycles. The first-order chi connectivity index (χ1) is 9.81. The van der Waals surface area contributed by atoms with Crippen LogP contribution >= 0.6 is 0 Å². The zero-order valence-corrected chi connectivity index (χ0v) is 12.5. The summed E-state index contributed by atoms with van der Waals surface area (Å²) in [5, 5.41) is 8.97. The lowest BCUT2D eigenvalue weighted by Crippen LogP contribution is -2.26. The van der Waals surface area contributed by atoms with Gasteiger partial charge in [0.25, 0.3) is 0 Å². The first-order valence-corrected chi connectivity index (χ1v) is 7.76. The maximum Gasteiger partial charge on any atom is 0.352 e. The van der Waals surface area contributed by atoms with Crippen molar-refractivity contribution in [2.75, 3.05) is 0 Å². The molecule has 112 valence electrons. The molecule has 0 saturated heterocycles. The van der Waals surface area contributed by atoms with E-state index in [1.165, 1.54) is 17.8 Å². The molecule has 0 radical (unpaired) electrons. The van der Waals surface area contributed by atoms with Crippen LogP contribution in [-0.4, -0.2) is 24.1 Å². The van der Waals surface area contributed by atoms with Gasteiger partial charge in [-0.3, -0.25) is 0 Å². The fourth-order valence-electron chi connectivity index (χ4n) is 2.00. The van der Waals surface area contributed by atoms with Crippen molar-refractivity contribution >= 4 is 16.0 Å². The quantitative estimate of drug-likeness (QED) is 0.881. The maximum absolute atomic E-state index is 12.3. The van der Waals surface area contributed by atoms with E-state index in [0.29, 0.717) is 0 Å². The van der Waals surface area contributed by atoms with Gasteiger partial charge in [0.15, 0.2) is 0 Å². The summed E-state index contributed by atoms with van der Waals surface area (Å²) in [7, 11) is -2.29. The van der Waals surface area contributed by atoms with Crippen LogP contribution in [0.3, 0.4) is 0 Å². The Morgan fingerprint density at radius 3 is 2.43 bits per heavy atom. The van der Waals surface area contributed by atoms with E-state index < -0.39 is 22.0 Å². The Balaban J connectivity index is 2.27. The zero-order valence-electron chi connectivity index (χ0n) is 11.6. The van der Waals surface area contributed by atoms with Crippen molar-refractivity contribution < 1.29 is 18.3 Å². The first-order valence-electron chi connectivity index (χ1n) is 6.28. The fourth-order valence-corrected chi connectivity index (χ4v) is 3.31. The molecule has 2 N–H and O–H groups in total. The van der Waals surface area contributed by atoms with Crippen LogP contribution in [0.2, 0.25) is 0 Å². The molecule has 0 aliphatic rings. The van der Waals surface area contributed by atoms with E-state index in [-0.39, 0.29) is 10.6 Å². The largest absolute Gasteiger partial charge is 0.477 e. The predicted octanol–water partition coefficient (Wildman–Crippen LogP) is 1.76. The summed E-state index contributed by atoms with van der Waals surface area (Å²) in [6.45, 7) is 1.73. The number of carbonyl (C=O) groups is 1.